The Labute approximate surface area is 89.9 Å². The first-order valence-electron chi connectivity index (χ1n) is 4.99. The Bertz CT molecular complexity index is 349. The van der Waals surface area contributed by atoms with E-state index in [1.54, 1.807) is 18.5 Å². The summed E-state index contributed by atoms with van der Waals surface area (Å²) in [5.74, 6) is -0.0218. The van der Waals surface area contributed by atoms with Gasteiger partial charge in [0.1, 0.15) is 0 Å². The lowest BCUT2D eigenvalue weighted by Gasteiger charge is -2.16. The fourth-order valence-electron chi connectivity index (χ4n) is 1.13. The van der Waals surface area contributed by atoms with Crippen molar-refractivity contribution < 1.29 is 4.79 Å². The third kappa shape index (κ3) is 3.02. The highest BCUT2D eigenvalue weighted by Crippen LogP contribution is 2.12. The highest BCUT2D eigenvalue weighted by molar-refractivity contribution is 5.95. The smallest absolute Gasteiger partial charge is 0.241 e. The molecule has 1 aromatic rings. The lowest BCUT2D eigenvalue weighted by molar-refractivity contribution is -0.118. The summed E-state index contributed by atoms with van der Waals surface area (Å²) < 4.78 is 0. The number of hydrogen-bond acceptors (Lipinski definition) is 3. The predicted molar refractivity (Wildman–Crippen MR) is 60.4 cm³/mol. The average molecular weight is 207 g/mol. The Hall–Kier alpha value is -1.42. The second-order valence-electron chi connectivity index (χ2n) is 3.95. The highest BCUT2D eigenvalue weighted by Gasteiger charge is 2.17. The first kappa shape index (κ1) is 11.7. The van der Waals surface area contributed by atoms with Crippen LogP contribution in [-0.2, 0) is 4.79 Å². The molecule has 0 spiro atoms. The highest BCUT2D eigenvalue weighted by atomic mass is 16.2. The summed E-state index contributed by atoms with van der Waals surface area (Å²) in [6, 6.07) is 1.29. The van der Waals surface area contributed by atoms with E-state index < -0.39 is 6.04 Å². The van der Waals surface area contributed by atoms with Crippen LogP contribution in [0.3, 0.4) is 0 Å². The van der Waals surface area contributed by atoms with Crippen LogP contribution in [0.1, 0.15) is 19.4 Å². The quantitative estimate of drug-likeness (QED) is 0.785. The Kier molecular flexibility index (Phi) is 3.80. The summed E-state index contributed by atoms with van der Waals surface area (Å²) in [6.07, 6.45) is 3.35. The number of anilines is 1. The molecule has 0 aromatic carbocycles. The van der Waals surface area contributed by atoms with Gasteiger partial charge in [-0.2, -0.15) is 0 Å². The molecule has 1 rings (SSSR count). The molecule has 1 amide bonds. The molecular weight excluding hydrogens is 190 g/mol. The summed E-state index contributed by atoms with van der Waals surface area (Å²) in [6.45, 7) is 5.73. The van der Waals surface area contributed by atoms with E-state index in [2.05, 4.69) is 10.3 Å². The number of rotatable bonds is 3. The molecule has 0 fully saturated rings. The zero-order valence-corrected chi connectivity index (χ0v) is 9.32. The summed E-state index contributed by atoms with van der Waals surface area (Å²) in [4.78, 5) is 15.6. The fourth-order valence-corrected chi connectivity index (χ4v) is 1.13. The topological polar surface area (TPSA) is 68.0 Å². The van der Waals surface area contributed by atoms with E-state index in [1.807, 2.05) is 20.8 Å². The maximum absolute atomic E-state index is 11.6. The molecule has 3 N–H and O–H groups in total. The third-order valence-corrected chi connectivity index (χ3v) is 2.30. The average Bonchev–Trinajstić information content (AvgIpc) is 2.20. The van der Waals surface area contributed by atoms with Crippen LogP contribution in [0.2, 0.25) is 0 Å². The third-order valence-electron chi connectivity index (χ3n) is 2.30. The lowest BCUT2D eigenvalue weighted by Crippen LogP contribution is -2.39. The molecule has 0 radical (unpaired) electrons. The van der Waals surface area contributed by atoms with E-state index >= 15 is 0 Å². The van der Waals surface area contributed by atoms with Gasteiger partial charge in [-0.1, -0.05) is 13.8 Å². The van der Waals surface area contributed by atoms with E-state index in [-0.39, 0.29) is 11.8 Å². The van der Waals surface area contributed by atoms with E-state index in [4.69, 9.17) is 5.73 Å². The van der Waals surface area contributed by atoms with Crippen LogP contribution in [0, 0.1) is 12.8 Å². The second kappa shape index (κ2) is 4.89. The second-order valence-corrected chi connectivity index (χ2v) is 3.95. The van der Waals surface area contributed by atoms with Crippen molar-refractivity contribution in [1.29, 1.82) is 0 Å². The number of hydrogen-bond donors (Lipinski definition) is 2. The van der Waals surface area contributed by atoms with Crippen molar-refractivity contribution in [2.45, 2.75) is 26.8 Å². The Morgan fingerprint density at radius 3 is 2.73 bits per heavy atom. The number of carbonyl (C=O) groups excluding carboxylic acids is 1. The fraction of sp³-hybridized carbons (Fsp3) is 0.455. The maximum Gasteiger partial charge on any atom is 0.241 e. The van der Waals surface area contributed by atoms with Gasteiger partial charge in [-0.3, -0.25) is 9.78 Å². The molecule has 1 heterocycles. The molecule has 0 saturated carbocycles. The van der Waals surface area contributed by atoms with Crippen LogP contribution in [0.25, 0.3) is 0 Å². The number of aryl methyl sites for hydroxylation is 1. The first-order chi connectivity index (χ1) is 7.02. The Morgan fingerprint density at radius 1 is 1.53 bits per heavy atom. The molecule has 0 bridgehead atoms. The molecule has 1 atom stereocenters. The molecule has 82 valence electrons. The molecule has 15 heavy (non-hydrogen) atoms. The minimum Gasteiger partial charge on any atom is -0.324 e. The molecule has 0 aliphatic carbocycles. The maximum atomic E-state index is 11.6. The molecular formula is C11H17N3O. The number of nitrogens with one attached hydrogen (secondary N) is 1. The van der Waals surface area contributed by atoms with Gasteiger partial charge in [0.25, 0.3) is 0 Å². The molecule has 1 unspecified atom stereocenters. The van der Waals surface area contributed by atoms with Crippen LogP contribution in [0.15, 0.2) is 18.5 Å². The van der Waals surface area contributed by atoms with Gasteiger partial charge in [-0.05, 0) is 24.5 Å². The molecule has 1 aromatic heterocycles. The van der Waals surface area contributed by atoms with E-state index in [0.717, 1.165) is 11.3 Å². The lowest BCUT2D eigenvalue weighted by atomic mass is 10.0. The van der Waals surface area contributed by atoms with Crippen molar-refractivity contribution in [2.24, 2.45) is 11.7 Å². The Morgan fingerprint density at radius 2 is 2.20 bits per heavy atom. The van der Waals surface area contributed by atoms with Gasteiger partial charge in [0.2, 0.25) is 5.91 Å². The molecule has 0 aliphatic rings. The monoisotopic (exact) mass is 207 g/mol. The van der Waals surface area contributed by atoms with Crippen molar-refractivity contribution >= 4 is 11.6 Å². The van der Waals surface area contributed by atoms with Crippen LogP contribution in [0.5, 0.6) is 0 Å². The molecule has 0 saturated heterocycles. The van der Waals surface area contributed by atoms with Gasteiger partial charge >= 0.3 is 0 Å². The van der Waals surface area contributed by atoms with Crippen LogP contribution >= 0.6 is 0 Å². The zero-order valence-electron chi connectivity index (χ0n) is 9.32. The number of nitrogens with zero attached hydrogens (tertiary/aromatic N) is 1. The van der Waals surface area contributed by atoms with Crippen molar-refractivity contribution in [2.75, 3.05) is 5.32 Å². The Balaban J connectivity index is 2.71. The van der Waals surface area contributed by atoms with E-state index in [1.165, 1.54) is 0 Å². The molecule has 4 heteroatoms. The standard InChI is InChI=1S/C11H17N3O/c1-7(2)10(12)11(15)14-9-4-5-13-6-8(9)3/h4-7,10H,12H2,1-3H3,(H,13,14,15). The first-order valence-corrected chi connectivity index (χ1v) is 4.99. The number of aromatic nitrogens is 1. The van der Waals surface area contributed by atoms with Gasteiger partial charge in [-0.25, -0.2) is 0 Å². The number of amides is 1. The van der Waals surface area contributed by atoms with Crippen molar-refractivity contribution in [3.8, 4) is 0 Å². The summed E-state index contributed by atoms with van der Waals surface area (Å²) in [5, 5.41) is 2.79. The molecule has 4 nitrogen and oxygen atoms in total. The van der Waals surface area contributed by atoms with Gasteiger partial charge in [0.05, 0.1) is 6.04 Å². The van der Waals surface area contributed by atoms with Crippen molar-refractivity contribution in [3.05, 3.63) is 24.0 Å². The van der Waals surface area contributed by atoms with Gasteiger partial charge < -0.3 is 11.1 Å². The summed E-state index contributed by atoms with van der Waals surface area (Å²) in [5.41, 5.74) is 7.43. The largest absolute Gasteiger partial charge is 0.324 e. The van der Waals surface area contributed by atoms with Crippen molar-refractivity contribution in [3.63, 3.8) is 0 Å². The minimum absolute atomic E-state index is 0.132. The molecule has 0 aliphatic heterocycles. The summed E-state index contributed by atoms with van der Waals surface area (Å²) in [7, 11) is 0. The van der Waals surface area contributed by atoms with Gasteiger partial charge in [0, 0.05) is 18.1 Å². The van der Waals surface area contributed by atoms with Crippen LogP contribution < -0.4 is 11.1 Å². The number of carbonyl (C=O) groups is 1. The predicted octanol–water partition coefficient (Wildman–Crippen LogP) is 1.31. The van der Waals surface area contributed by atoms with Gasteiger partial charge in [0.15, 0.2) is 0 Å². The van der Waals surface area contributed by atoms with Crippen LogP contribution in [0.4, 0.5) is 5.69 Å². The zero-order chi connectivity index (χ0) is 11.4. The van der Waals surface area contributed by atoms with E-state index in [0.29, 0.717) is 0 Å². The number of nitrogens with two attached hydrogens (primary N) is 1. The normalized spacial score (nSPS) is 12.6. The van der Waals surface area contributed by atoms with Crippen LogP contribution in [-0.4, -0.2) is 16.9 Å². The van der Waals surface area contributed by atoms with Crippen molar-refractivity contribution in [1.82, 2.24) is 4.98 Å². The SMILES string of the molecule is Cc1cnccc1NC(=O)C(N)C(C)C. The minimum atomic E-state index is -0.474. The summed E-state index contributed by atoms with van der Waals surface area (Å²) >= 11 is 0. The van der Waals surface area contributed by atoms with E-state index in [9.17, 15) is 4.79 Å². The number of pyridine rings is 1. The van der Waals surface area contributed by atoms with Gasteiger partial charge in [-0.15, -0.1) is 0 Å².